The van der Waals surface area contributed by atoms with Crippen LogP contribution in [0.2, 0.25) is 5.02 Å². The van der Waals surface area contributed by atoms with E-state index in [9.17, 15) is 4.79 Å². The maximum Gasteiger partial charge on any atom is 0.161 e. The van der Waals surface area contributed by atoms with Gasteiger partial charge in [0.2, 0.25) is 0 Å². The number of carbonyl (C=O) groups is 1. The molecule has 3 heteroatoms. The van der Waals surface area contributed by atoms with Crippen molar-refractivity contribution in [2.45, 2.75) is 38.5 Å². The summed E-state index contributed by atoms with van der Waals surface area (Å²) in [5.74, 6) is 0.404. The van der Waals surface area contributed by atoms with Crippen LogP contribution in [-0.2, 0) is 4.79 Å². The smallest absolute Gasteiger partial charge is 0.161 e. The third-order valence-electron chi connectivity index (χ3n) is 3.85. The van der Waals surface area contributed by atoms with Crippen molar-refractivity contribution in [2.24, 2.45) is 4.99 Å². The molecule has 1 aromatic carbocycles. The summed E-state index contributed by atoms with van der Waals surface area (Å²) < 4.78 is 0. The highest BCUT2D eigenvalue weighted by Crippen LogP contribution is 2.40. The molecule has 1 aromatic rings. The van der Waals surface area contributed by atoms with Gasteiger partial charge >= 0.3 is 0 Å². The summed E-state index contributed by atoms with van der Waals surface area (Å²) in [6, 6.07) is 7.85. The van der Waals surface area contributed by atoms with Gasteiger partial charge in [-0.2, -0.15) is 0 Å². The molecule has 0 saturated heterocycles. The molecule has 0 saturated carbocycles. The molecule has 1 aliphatic heterocycles. The van der Waals surface area contributed by atoms with Crippen LogP contribution in [-0.4, -0.2) is 11.5 Å². The van der Waals surface area contributed by atoms with Gasteiger partial charge in [0.15, 0.2) is 5.78 Å². The zero-order valence-corrected chi connectivity index (χ0v) is 11.7. The lowest BCUT2D eigenvalue weighted by atomic mass is 9.78. The van der Waals surface area contributed by atoms with E-state index in [0.717, 1.165) is 46.8 Å². The lowest BCUT2D eigenvalue weighted by Crippen LogP contribution is -2.23. The summed E-state index contributed by atoms with van der Waals surface area (Å²) in [6.45, 7) is 2.04. The van der Waals surface area contributed by atoms with E-state index in [1.54, 1.807) is 0 Å². The first-order chi connectivity index (χ1) is 9.15. The average molecular weight is 274 g/mol. The number of carbonyl (C=O) groups excluding carboxylic acids is 1. The van der Waals surface area contributed by atoms with Crippen molar-refractivity contribution in [2.75, 3.05) is 0 Å². The molecule has 1 atom stereocenters. The molecule has 0 spiro atoms. The maximum absolute atomic E-state index is 12.2. The van der Waals surface area contributed by atoms with Crippen LogP contribution in [0.25, 0.3) is 0 Å². The lowest BCUT2D eigenvalue weighted by Gasteiger charge is -2.29. The minimum absolute atomic E-state index is 0.138. The molecule has 0 N–H and O–H groups in total. The first-order valence-electron chi connectivity index (χ1n) is 6.71. The molecule has 1 heterocycles. The van der Waals surface area contributed by atoms with Crippen LogP contribution in [0.5, 0.6) is 0 Å². The SMILES string of the molecule is CC1=NC2=C(C(=O)CCC2)C(c2cccc(Cl)c2)C1. The summed E-state index contributed by atoms with van der Waals surface area (Å²) in [4.78, 5) is 16.8. The number of ketones is 1. The highest BCUT2D eigenvalue weighted by Gasteiger charge is 2.31. The second-order valence-electron chi connectivity index (χ2n) is 5.30. The summed E-state index contributed by atoms with van der Waals surface area (Å²) in [6.07, 6.45) is 3.33. The zero-order chi connectivity index (χ0) is 13.4. The van der Waals surface area contributed by atoms with E-state index in [-0.39, 0.29) is 11.7 Å². The molecule has 0 bridgehead atoms. The van der Waals surface area contributed by atoms with Gasteiger partial charge in [-0.1, -0.05) is 23.7 Å². The Labute approximate surface area is 118 Å². The Hall–Kier alpha value is -1.41. The third-order valence-corrected chi connectivity index (χ3v) is 4.09. The monoisotopic (exact) mass is 273 g/mol. The standard InChI is InChI=1S/C16H16ClNO/c1-10-8-13(11-4-2-5-12(17)9-11)16-14(18-10)6-3-7-15(16)19/h2,4-5,9,13H,3,6-8H2,1H3. The van der Waals surface area contributed by atoms with Crippen LogP contribution in [0.15, 0.2) is 40.5 Å². The second-order valence-corrected chi connectivity index (χ2v) is 5.73. The van der Waals surface area contributed by atoms with Gasteiger partial charge in [0.25, 0.3) is 0 Å². The van der Waals surface area contributed by atoms with Gasteiger partial charge in [-0.05, 0) is 43.9 Å². The number of halogens is 1. The molecule has 0 fully saturated rings. The molecule has 98 valence electrons. The van der Waals surface area contributed by atoms with Crippen LogP contribution in [0, 0.1) is 0 Å². The third kappa shape index (κ3) is 2.37. The summed E-state index contributed by atoms with van der Waals surface area (Å²) in [5.41, 5.74) is 4.17. The molecule has 0 amide bonds. The Bertz CT molecular complexity index is 601. The predicted octanol–water partition coefficient (Wildman–Crippen LogP) is 4.30. The van der Waals surface area contributed by atoms with Crippen molar-refractivity contribution < 1.29 is 4.79 Å². The number of Topliss-reactive ketones (excluding diaryl/α,β-unsaturated/α-hetero) is 1. The van der Waals surface area contributed by atoms with Gasteiger partial charge < -0.3 is 0 Å². The normalized spacial score (nSPS) is 23.2. The number of benzene rings is 1. The van der Waals surface area contributed by atoms with E-state index < -0.39 is 0 Å². The average Bonchev–Trinajstić information content (AvgIpc) is 2.37. The minimum atomic E-state index is 0.138. The van der Waals surface area contributed by atoms with Gasteiger partial charge in [-0.3, -0.25) is 9.79 Å². The van der Waals surface area contributed by atoms with Crippen molar-refractivity contribution in [3.8, 4) is 0 Å². The van der Waals surface area contributed by atoms with Gasteiger partial charge in [-0.25, -0.2) is 0 Å². The topological polar surface area (TPSA) is 29.4 Å². The van der Waals surface area contributed by atoms with E-state index in [4.69, 9.17) is 11.6 Å². The number of allylic oxidation sites excluding steroid dienone is 2. The van der Waals surface area contributed by atoms with Gasteiger partial charge in [0.05, 0.1) is 0 Å². The fourth-order valence-corrected chi connectivity index (χ4v) is 3.24. The second kappa shape index (κ2) is 4.93. The summed E-state index contributed by atoms with van der Waals surface area (Å²) >= 11 is 6.08. The van der Waals surface area contributed by atoms with Crippen LogP contribution in [0.4, 0.5) is 0 Å². The number of hydrogen-bond donors (Lipinski definition) is 0. The summed E-state index contributed by atoms with van der Waals surface area (Å²) in [5, 5.41) is 0.725. The Kier molecular flexibility index (Phi) is 3.28. The minimum Gasteiger partial charge on any atom is -0.294 e. The van der Waals surface area contributed by atoms with Crippen LogP contribution < -0.4 is 0 Å². The predicted molar refractivity (Wildman–Crippen MR) is 77.8 cm³/mol. The van der Waals surface area contributed by atoms with E-state index in [1.807, 2.05) is 25.1 Å². The molecule has 2 aliphatic rings. The van der Waals surface area contributed by atoms with Crippen molar-refractivity contribution in [1.29, 1.82) is 0 Å². The van der Waals surface area contributed by atoms with Crippen molar-refractivity contribution >= 4 is 23.1 Å². The molecule has 19 heavy (non-hydrogen) atoms. The molecular formula is C16H16ClNO. The lowest BCUT2D eigenvalue weighted by molar-refractivity contribution is -0.116. The number of rotatable bonds is 1. The van der Waals surface area contributed by atoms with Crippen molar-refractivity contribution in [3.63, 3.8) is 0 Å². The number of hydrogen-bond acceptors (Lipinski definition) is 2. The maximum atomic E-state index is 12.2. The van der Waals surface area contributed by atoms with Crippen LogP contribution in [0.3, 0.4) is 0 Å². The highest BCUT2D eigenvalue weighted by atomic mass is 35.5. The van der Waals surface area contributed by atoms with Crippen LogP contribution >= 0.6 is 11.6 Å². The first kappa shape index (κ1) is 12.6. The molecule has 0 aromatic heterocycles. The summed E-state index contributed by atoms with van der Waals surface area (Å²) in [7, 11) is 0. The van der Waals surface area contributed by atoms with Crippen molar-refractivity contribution in [3.05, 3.63) is 46.1 Å². The molecule has 2 nitrogen and oxygen atoms in total. The Morgan fingerprint density at radius 1 is 1.32 bits per heavy atom. The van der Waals surface area contributed by atoms with E-state index in [2.05, 4.69) is 11.1 Å². The van der Waals surface area contributed by atoms with Crippen LogP contribution in [0.1, 0.15) is 44.1 Å². The number of nitrogens with zero attached hydrogens (tertiary/aromatic N) is 1. The van der Waals surface area contributed by atoms with E-state index >= 15 is 0 Å². The zero-order valence-electron chi connectivity index (χ0n) is 10.9. The first-order valence-corrected chi connectivity index (χ1v) is 7.09. The van der Waals surface area contributed by atoms with Gasteiger partial charge in [-0.15, -0.1) is 0 Å². The number of aliphatic imine (C=N–C) groups is 1. The Morgan fingerprint density at radius 2 is 2.16 bits per heavy atom. The largest absolute Gasteiger partial charge is 0.294 e. The Morgan fingerprint density at radius 3 is 2.95 bits per heavy atom. The fraction of sp³-hybridized carbons (Fsp3) is 0.375. The van der Waals surface area contributed by atoms with Gasteiger partial charge in [0, 0.05) is 34.3 Å². The molecule has 3 rings (SSSR count). The molecular weight excluding hydrogens is 258 g/mol. The van der Waals surface area contributed by atoms with E-state index in [1.165, 1.54) is 0 Å². The quantitative estimate of drug-likeness (QED) is 0.750. The van der Waals surface area contributed by atoms with E-state index in [0.29, 0.717) is 6.42 Å². The fourth-order valence-electron chi connectivity index (χ4n) is 3.04. The highest BCUT2D eigenvalue weighted by molar-refractivity contribution is 6.30. The molecule has 0 radical (unpaired) electrons. The van der Waals surface area contributed by atoms with Gasteiger partial charge in [0.1, 0.15) is 0 Å². The molecule has 1 aliphatic carbocycles. The van der Waals surface area contributed by atoms with Crippen molar-refractivity contribution in [1.82, 2.24) is 0 Å². The molecule has 1 unspecified atom stereocenters. The Balaban J connectivity index is 2.09.